The Balaban J connectivity index is 2.44. The largest absolute Gasteiger partial charge is 0.469 e. The van der Waals surface area contributed by atoms with E-state index in [0.29, 0.717) is 5.76 Å². The van der Waals surface area contributed by atoms with E-state index in [1.165, 1.54) is 13.2 Å². The Bertz CT molecular complexity index is 216. The summed E-state index contributed by atoms with van der Waals surface area (Å²) >= 11 is 0. The van der Waals surface area contributed by atoms with Gasteiger partial charge in [-0.25, -0.2) is 4.79 Å². The van der Waals surface area contributed by atoms with Crippen LogP contribution in [0.2, 0.25) is 0 Å². The van der Waals surface area contributed by atoms with Gasteiger partial charge in [-0.05, 0) is 6.58 Å². The highest BCUT2D eigenvalue weighted by atomic mass is 16.7. The molecule has 0 N–H and O–H groups in total. The van der Waals surface area contributed by atoms with Gasteiger partial charge in [0.05, 0.1) is 13.2 Å². The quantitative estimate of drug-likeness (QED) is 0.442. The molecule has 0 fully saturated rings. The van der Waals surface area contributed by atoms with Gasteiger partial charge in [-0.2, -0.15) is 0 Å². The second-order valence-corrected chi connectivity index (χ2v) is 1.90. The van der Waals surface area contributed by atoms with Crippen LogP contribution in [-0.2, 0) is 19.0 Å². The molecule has 11 heavy (non-hydrogen) atoms. The van der Waals surface area contributed by atoms with E-state index in [4.69, 9.17) is 4.74 Å². The summed E-state index contributed by atoms with van der Waals surface area (Å²) in [6.07, 6.45) is 1.25. The lowest BCUT2D eigenvalue weighted by molar-refractivity contribution is -0.135. The lowest BCUT2D eigenvalue weighted by Crippen LogP contribution is -1.96. The molecule has 0 aromatic rings. The minimum Gasteiger partial charge on any atom is -0.469 e. The first-order valence-corrected chi connectivity index (χ1v) is 3.00. The number of hydrogen-bond donors (Lipinski definition) is 0. The van der Waals surface area contributed by atoms with E-state index in [1.807, 2.05) is 0 Å². The second-order valence-electron chi connectivity index (χ2n) is 1.90. The van der Waals surface area contributed by atoms with Crippen molar-refractivity contribution in [2.75, 3.05) is 13.7 Å². The van der Waals surface area contributed by atoms with E-state index in [0.717, 1.165) is 0 Å². The maximum absolute atomic E-state index is 10.5. The van der Waals surface area contributed by atoms with Crippen molar-refractivity contribution in [2.45, 2.75) is 0 Å². The predicted molar refractivity (Wildman–Crippen MR) is 36.3 cm³/mol. The summed E-state index contributed by atoms with van der Waals surface area (Å²) in [6, 6.07) is 0. The number of esters is 1. The van der Waals surface area contributed by atoms with Crippen LogP contribution in [0.4, 0.5) is 0 Å². The molecule has 1 aliphatic rings. The minimum atomic E-state index is -0.399. The fourth-order valence-corrected chi connectivity index (χ4v) is 0.604. The van der Waals surface area contributed by atoms with E-state index >= 15 is 0 Å². The normalized spacial score (nSPS) is 15.4. The van der Waals surface area contributed by atoms with Crippen molar-refractivity contribution in [3.63, 3.8) is 0 Å². The topological polar surface area (TPSA) is 44.8 Å². The molecular formula is C7H8O4. The number of ether oxygens (including phenoxy) is 3. The highest BCUT2D eigenvalue weighted by Gasteiger charge is 2.14. The second kappa shape index (κ2) is 3.09. The van der Waals surface area contributed by atoms with Crippen LogP contribution in [-0.4, -0.2) is 19.7 Å². The molecular weight excluding hydrogens is 148 g/mol. The third-order valence-electron chi connectivity index (χ3n) is 1.11. The molecule has 0 aromatic carbocycles. The molecule has 0 radical (unpaired) electrons. The molecule has 0 aliphatic carbocycles. The van der Waals surface area contributed by atoms with Gasteiger partial charge in [-0.1, -0.05) is 0 Å². The average Bonchev–Trinajstić information content (AvgIpc) is 2.35. The first-order chi connectivity index (χ1) is 5.22. The van der Waals surface area contributed by atoms with Gasteiger partial charge in [-0.3, -0.25) is 0 Å². The van der Waals surface area contributed by atoms with Crippen LogP contribution in [0.15, 0.2) is 24.4 Å². The Kier molecular flexibility index (Phi) is 2.15. The van der Waals surface area contributed by atoms with Gasteiger partial charge in [0.25, 0.3) is 5.95 Å². The maximum Gasteiger partial charge on any atom is 0.334 e. The van der Waals surface area contributed by atoms with E-state index in [2.05, 4.69) is 16.1 Å². The Labute approximate surface area is 64.0 Å². The minimum absolute atomic E-state index is 0.148. The summed E-state index contributed by atoms with van der Waals surface area (Å²) in [7, 11) is 1.43. The van der Waals surface area contributed by atoms with E-state index in [1.54, 1.807) is 0 Å². The number of rotatable bonds is 3. The lowest BCUT2D eigenvalue weighted by atomic mass is 10.5. The highest BCUT2D eigenvalue weighted by molar-refractivity contribution is 5.84. The summed E-state index contributed by atoms with van der Waals surface area (Å²) in [4.78, 5) is 10.5. The van der Waals surface area contributed by atoms with Crippen molar-refractivity contribution in [1.29, 1.82) is 0 Å². The molecule has 0 atom stereocenters. The van der Waals surface area contributed by atoms with Gasteiger partial charge in [-0.15, -0.1) is 0 Å². The van der Waals surface area contributed by atoms with Gasteiger partial charge in [0, 0.05) is 0 Å². The fourth-order valence-electron chi connectivity index (χ4n) is 0.604. The van der Waals surface area contributed by atoms with Crippen molar-refractivity contribution < 1.29 is 19.0 Å². The van der Waals surface area contributed by atoms with E-state index < -0.39 is 5.97 Å². The van der Waals surface area contributed by atoms with Gasteiger partial charge >= 0.3 is 5.97 Å². The molecule has 0 unspecified atom stereocenters. The van der Waals surface area contributed by atoms with Gasteiger partial charge in [0.2, 0.25) is 0 Å². The molecule has 0 saturated carbocycles. The summed E-state index contributed by atoms with van der Waals surface area (Å²) in [5, 5.41) is 0. The SMILES string of the molecule is C=C(OC)OC1=CC(=O)OC1. The molecule has 1 rings (SSSR count). The highest BCUT2D eigenvalue weighted by Crippen LogP contribution is 2.11. The summed E-state index contributed by atoms with van der Waals surface area (Å²) in [5.41, 5.74) is 0. The Morgan fingerprint density at radius 3 is 3.00 bits per heavy atom. The van der Waals surface area contributed by atoms with Crippen LogP contribution in [0.5, 0.6) is 0 Å². The van der Waals surface area contributed by atoms with Crippen LogP contribution in [0.25, 0.3) is 0 Å². The number of methoxy groups -OCH3 is 1. The van der Waals surface area contributed by atoms with E-state index in [-0.39, 0.29) is 12.6 Å². The van der Waals surface area contributed by atoms with Crippen LogP contribution in [0.1, 0.15) is 0 Å². The van der Waals surface area contributed by atoms with E-state index in [9.17, 15) is 4.79 Å². The number of carbonyl (C=O) groups is 1. The predicted octanol–water partition coefficient (Wildman–Crippen LogP) is 0.561. The third kappa shape index (κ3) is 2.00. The zero-order valence-corrected chi connectivity index (χ0v) is 6.12. The smallest absolute Gasteiger partial charge is 0.334 e. The zero-order valence-electron chi connectivity index (χ0n) is 6.12. The first-order valence-electron chi connectivity index (χ1n) is 3.00. The molecule has 1 aliphatic heterocycles. The summed E-state index contributed by atoms with van der Waals surface area (Å²) < 4.78 is 14.1. The Morgan fingerprint density at radius 1 is 1.82 bits per heavy atom. The van der Waals surface area contributed by atoms with Crippen molar-refractivity contribution in [2.24, 2.45) is 0 Å². The number of hydrogen-bond acceptors (Lipinski definition) is 4. The van der Waals surface area contributed by atoms with Crippen molar-refractivity contribution in [1.82, 2.24) is 0 Å². The van der Waals surface area contributed by atoms with Crippen LogP contribution >= 0.6 is 0 Å². The van der Waals surface area contributed by atoms with Crippen molar-refractivity contribution in [3.8, 4) is 0 Å². The molecule has 0 saturated heterocycles. The van der Waals surface area contributed by atoms with Gasteiger partial charge < -0.3 is 14.2 Å². The average molecular weight is 156 g/mol. The maximum atomic E-state index is 10.5. The molecule has 1 heterocycles. The number of carbonyl (C=O) groups excluding carboxylic acids is 1. The molecule has 0 aromatic heterocycles. The van der Waals surface area contributed by atoms with Crippen LogP contribution in [0, 0.1) is 0 Å². The van der Waals surface area contributed by atoms with Crippen molar-refractivity contribution >= 4 is 5.97 Å². The molecule has 4 heteroatoms. The van der Waals surface area contributed by atoms with Gasteiger partial charge in [0.15, 0.2) is 5.76 Å². The fraction of sp³-hybridized carbons (Fsp3) is 0.286. The molecule has 4 nitrogen and oxygen atoms in total. The molecule has 0 spiro atoms. The zero-order chi connectivity index (χ0) is 8.27. The molecule has 0 bridgehead atoms. The molecule has 60 valence electrons. The molecule has 0 amide bonds. The van der Waals surface area contributed by atoms with Crippen molar-refractivity contribution in [3.05, 3.63) is 24.4 Å². The van der Waals surface area contributed by atoms with Gasteiger partial charge in [0.1, 0.15) is 6.61 Å². The van der Waals surface area contributed by atoms with Crippen LogP contribution < -0.4 is 0 Å². The standard InChI is InChI=1S/C7H8O4/c1-5(9-2)11-6-3-7(8)10-4-6/h3H,1,4H2,2H3. The lowest BCUT2D eigenvalue weighted by Gasteiger charge is -2.04. The third-order valence-corrected chi connectivity index (χ3v) is 1.11. The summed E-state index contributed by atoms with van der Waals surface area (Å²) in [6.45, 7) is 3.56. The Morgan fingerprint density at radius 2 is 2.55 bits per heavy atom. The number of cyclic esters (lactones) is 1. The van der Waals surface area contributed by atoms with Crippen LogP contribution in [0.3, 0.4) is 0 Å². The summed E-state index contributed by atoms with van der Waals surface area (Å²) in [5.74, 6) is 0.167. The first kappa shape index (κ1) is 7.65. The monoisotopic (exact) mass is 156 g/mol. The Hall–Kier alpha value is -1.45.